The highest BCUT2D eigenvalue weighted by atomic mass is 35.5. The minimum Gasteiger partial charge on any atom is -0.375 e. The Morgan fingerprint density at radius 3 is 2.39 bits per heavy atom. The SMILES string of the molecule is CCCN(C)c1ccc(C(=O)N2CCC(C)(CN)C2)cc1.Cl.Cl. The molecule has 1 unspecified atom stereocenters. The predicted molar refractivity (Wildman–Crippen MR) is 102 cm³/mol. The smallest absolute Gasteiger partial charge is 0.253 e. The number of carbonyl (C=O) groups excluding carboxylic acids is 1. The largest absolute Gasteiger partial charge is 0.375 e. The summed E-state index contributed by atoms with van der Waals surface area (Å²) in [6.45, 7) is 7.55. The number of halogens is 2. The molecular formula is C17H29Cl2N3O. The van der Waals surface area contributed by atoms with E-state index in [0.29, 0.717) is 6.54 Å². The molecule has 132 valence electrons. The second-order valence-electron chi connectivity index (χ2n) is 6.46. The van der Waals surface area contributed by atoms with Crippen LogP contribution in [0, 0.1) is 5.41 Å². The van der Waals surface area contributed by atoms with Crippen molar-refractivity contribution in [3.05, 3.63) is 29.8 Å². The molecule has 0 aromatic heterocycles. The first-order chi connectivity index (χ1) is 9.99. The van der Waals surface area contributed by atoms with Gasteiger partial charge in [-0.3, -0.25) is 4.79 Å². The monoisotopic (exact) mass is 361 g/mol. The number of rotatable bonds is 5. The van der Waals surface area contributed by atoms with E-state index in [1.807, 2.05) is 29.2 Å². The summed E-state index contributed by atoms with van der Waals surface area (Å²) in [5.41, 5.74) is 7.81. The van der Waals surface area contributed by atoms with E-state index in [0.717, 1.165) is 43.7 Å². The van der Waals surface area contributed by atoms with Crippen molar-refractivity contribution in [3.63, 3.8) is 0 Å². The van der Waals surface area contributed by atoms with Crippen molar-refractivity contribution >= 4 is 36.4 Å². The van der Waals surface area contributed by atoms with Crippen LogP contribution in [0.5, 0.6) is 0 Å². The van der Waals surface area contributed by atoms with Gasteiger partial charge in [-0.25, -0.2) is 0 Å². The maximum absolute atomic E-state index is 12.5. The fraction of sp³-hybridized carbons (Fsp3) is 0.588. The highest BCUT2D eigenvalue weighted by Crippen LogP contribution is 2.29. The van der Waals surface area contributed by atoms with Gasteiger partial charge in [-0.15, -0.1) is 24.8 Å². The lowest BCUT2D eigenvalue weighted by Crippen LogP contribution is -2.34. The van der Waals surface area contributed by atoms with Crippen LogP contribution in [-0.2, 0) is 0 Å². The average Bonchev–Trinajstić information content (AvgIpc) is 2.90. The second-order valence-corrected chi connectivity index (χ2v) is 6.46. The summed E-state index contributed by atoms with van der Waals surface area (Å²) in [5, 5.41) is 0. The molecule has 1 aliphatic rings. The van der Waals surface area contributed by atoms with Crippen molar-refractivity contribution in [2.45, 2.75) is 26.7 Å². The number of nitrogens with two attached hydrogens (primary N) is 1. The number of carbonyl (C=O) groups is 1. The van der Waals surface area contributed by atoms with Crippen LogP contribution in [0.1, 0.15) is 37.0 Å². The Balaban J connectivity index is 0.00000242. The summed E-state index contributed by atoms with van der Waals surface area (Å²) in [4.78, 5) is 16.7. The zero-order chi connectivity index (χ0) is 15.5. The average molecular weight is 362 g/mol. The zero-order valence-corrected chi connectivity index (χ0v) is 15.9. The molecule has 1 amide bonds. The number of amides is 1. The van der Waals surface area contributed by atoms with Gasteiger partial charge in [-0.1, -0.05) is 13.8 Å². The van der Waals surface area contributed by atoms with Crippen molar-refractivity contribution in [1.82, 2.24) is 4.90 Å². The van der Waals surface area contributed by atoms with Gasteiger partial charge in [-0.2, -0.15) is 0 Å². The van der Waals surface area contributed by atoms with E-state index in [4.69, 9.17) is 5.73 Å². The van der Waals surface area contributed by atoms with Gasteiger partial charge in [0.1, 0.15) is 0 Å². The van der Waals surface area contributed by atoms with Crippen LogP contribution in [0.4, 0.5) is 5.69 Å². The van der Waals surface area contributed by atoms with Gasteiger partial charge in [0, 0.05) is 37.9 Å². The second kappa shape index (κ2) is 9.36. The topological polar surface area (TPSA) is 49.6 Å². The Labute approximate surface area is 152 Å². The summed E-state index contributed by atoms with van der Waals surface area (Å²) in [7, 11) is 2.08. The normalized spacial score (nSPS) is 19.7. The van der Waals surface area contributed by atoms with Crippen LogP contribution in [0.25, 0.3) is 0 Å². The van der Waals surface area contributed by atoms with Crippen molar-refractivity contribution < 1.29 is 4.79 Å². The maximum Gasteiger partial charge on any atom is 0.253 e. The van der Waals surface area contributed by atoms with E-state index < -0.39 is 0 Å². The molecule has 0 saturated carbocycles. The molecule has 1 atom stereocenters. The van der Waals surface area contributed by atoms with E-state index in [1.165, 1.54) is 0 Å². The van der Waals surface area contributed by atoms with Crippen LogP contribution in [-0.4, -0.2) is 44.0 Å². The van der Waals surface area contributed by atoms with E-state index in [2.05, 4.69) is 25.8 Å². The molecule has 0 radical (unpaired) electrons. The Kier molecular flexibility index (Phi) is 8.96. The van der Waals surface area contributed by atoms with Crippen LogP contribution >= 0.6 is 24.8 Å². The molecule has 0 spiro atoms. The molecule has 23 heavy (non-hydrogen) atoms. The summed E-state index contributed by atoms with van der Waals surface area (Å²) in [6, 6.07) is 7.92. The summed E-state index contributed by atoms with van der Waals surface area (Å²) in [6.07, 6.45) is 2.11. The first-order valence-corrected chi connectivity index (χ1v) is 7.79. The molecule has 1 aliphatic heterocycles. The Morgan fingerprint density at radius 1 is 1.30 bits per heavy atom. The van der Waals surface area contributed by atoms with Crippen LogP contribution < -0.4 is 10.6 Å². The van der Waals surface area contributed by atoms with Crippen LogP contribution in [0.15, 0.2) is 24.3 Å². The molecule has 2 rings (SSSR count). The zero-order valence-electron chi connectivity index (χ0n) is 14.2. The molecule has 6 heteroatoms. The van der Waals surface area contributed by atoms with Gasteiger partial charge in [0.25, 0.3) is 5.91 Å². The fourth-order valence-corrected chi connectivity index (χ4v) is 2.87. The highest BCUT2D eigenvalue weighted by Gasteiger charge is 2.35. The number of hydrogen-bond acceptors (Lipinski definition) is 3. The van der Waals surface area contributed by atoms with Gasteiger partial charge >= 0.3 is 0 Å². The van der Waals surface area contributed by atoms with Crippen LogP contribution in [0.3, 0.4) is 0 Å². The third kappa shape index (κ3) is 5.27. The summed E-state index contributed by atoms with van der Waals surface area (Å²) >= 11 is 0. The third-order valence-electron chi connectivity index (χ3n) is 4.45. The van der Waals surface area contributed by atoms with Gasteiger partial charge in [-0.05, 0) is 49.1 Å². The van der Waals surface area contributed by atoms with Gasteiger partial charge < -0.3 is 15.5 Å². The Morgan fingerprint density at radius 2 is 1.91 bits per heavy atom. The Hall–Kier alpha value is -0.970. The fourth-order valence-electron chi connectivity index (χ4n) is 2.87. The lowest BCUT2D eigenvalue weighted by atomic mass is 9.90. The lowest BCUT2D eigenvalue weighted by Gasteiger charge is -2.23. The standard InChI is InChI=1S/C17H27N3O.2ClH/c1-4-10-19(3)15-7-5-14(6-8-15)16(21)20-11-9-17(2,12-18)13-20;;/h5-8H,4,9-13,18H2,1-3H3;2*1H. The van der Waals surface area contributed by atoms with Crippen molar-refractivity contribution in [3.8, 4) is 0 Å². The van der Waals surface area contributed by atoms with E-state index in [9.17, 15) is 4.79 Å². The molecule has 0 aliphatic carbocycles. The molecule has 4 nitrogen and oxygen atoms in total. The predicted octanol–water partition coefficient (Wildman–Crippen LogP) is 3.19. The lowest BCUT2D eigenvalue weighted by molar-refractivity contribution is 0.0777. The molecule has 1 aromatic carbocycles. The first kappa shape index (κ1) is 22.0. The number of anilines is 1. The van der Waals surface area contributed by atoms with E-state index in [1.54, 1.807) is 0 Å². The third-order valence-corrected chi connectivity index (χ3v) is 4.45. The summed E-state index contributed by atoms with van der Waals surface area (Å²) < 4.78 is 0. The number of hydrogen-bond donors (Lipinski definition) is 1. The maximum atomic E-state index is 12.5. The number of likely N-dealkylation sites (tertiary alicyclic amines) is 1. The molecule has 1 saturated heterocycles. The minimum absolute atomic E-state index is 0. The molecule has 1 fully saturated rings. The van der Waals surface area contributed by atoms with E-state index >= 15 is 0 Å². The number of nitrogens with zero attached hydrogens (tertiary/aromatic N) is 2. The van der Waals surface area contributed by atoms with Crippen molar-refractivity contribution in [1.29, 1.82) is 0 Å². The molecule has 2 N–H and O–H groups in total. The van der Waals surface area contributed by atoms with Crippen LogP contribution in [0.2, 0.25) is 0 Å². The highest BCUT2D eigenvalue weighted by molar-refractivity contribution is 5.94. The molecular weight excluding hydrogens is 333 g/mol. The van der Waals surface area contributed by atoms with E-state index in [-0.39, 0.29) is 36.1 Å². The first-order valence-electron chi connectivity index (χ1n) is 7.79. The van der Waals surface area contributed by atoms with Gasteiger partial charge in [0.05, 0.1) is 0 Å². The van der Waals surface area contributed by atoms with Gasteiger partial charge in [0.2, 0.25) is 0 Å². The molecule has 1 heterocycles. The van der Waals surface area contributed by atoms with Gasteiger partial charge in [0.15, 0.2) is 0 Å². The molecule has 1 aromatic rings. The quantitative estimate of drug-likeness (QED) is 0.875. The molecule has 0 bridgehead atoms. The number of benzene rings is 1. The van der Waals surface area contributed by atoms with Crippen molar-refractivity contribution in [2.24, 2.45) is 11.1 Å². The van der Waals surface area contributed by atoms with Crippen molar-refractivity contribution in [2.75, 3.05) is 38.1 Å². The summed E-state index contributed by atoms with van der Waals surface area (Å²) in [5.74, 6) is 0.122. The Bertz CT molecular complexity index is 495. The minimum atomic E-state index is 0.